The second-order valence-corrected chi connectivity index (χ2v) is 7.60. The second-order valence-electron chi connectivity index (χ2n) is 7.60. The third-order valence-corrected chi connectivity index (χ3v) is 5.68. The molecule has 0 aromatic heterocycles. The molecule has 2 saturated heterocycles. The number of ether oxygens (including phenoxy) is 1. The van der Waals surface area contributed by atoms with E-state index in [4.69, 9.17) is 4.74 Å². The van der Waals surface area contributed by atoms with E-state index in [-0.39, 0.29) is 17.9 Å². The predicted molar refractivity (Wildman–Crippen MR) is 96.2 cm³/mol. The van der Waals surface area contributed by atoms with Crippen LogP contribution in [0, 0.1) is 5.92 Å². The van der Waals surface area contributed by atoms with Crippen molar-refractivity contribution in [3.8, 4) is 0 Å². The maximum atomic E-state index is 12.8. The van der Waals surface area contributed by atoms with E-state index in [1.165, 1.54) is 0 Å². The molecule has 0 radical (unpaired) electrons. The molecular weight excluding hydrogens is 318 g/mol. The first-order chi connectivity index (χ1) is 12.2. The van der Waals surface area contributed by atoms with Gasteiger partial charge in [0.15, 0.2) is 0 Å². The molecular formula is C19H33N3O3. The van der Waals surface area contributed by atoms with Gasteiger partial charge in [0.1, 0.15) is 0 Å². The zero-order valence-corrected chi connectivity index (χ0v) is 15.6. The van der Waals surface area contributed by atoms with E-state index < -0.39 is 0 Å². The van der Waals surface area contributed by atoms with Gasteiger partial charge in [0, 0.05) is 57.6 Å². The lowest BCUT2D eigenvalue weighted by atomic mass is 10.0. The predicted octanol–water partition coefficient (Wildman–Crippen LogP) is 1.35. The van der Waals surface area contributed by atoms with Crippen molar-refractivity contribution in [3.05, 3.63) is 0 Å². The van der Waals surface area contributed by atoms with E-state index in [2.05, 4.69) is 9.80 Å². The first-order valence-electron chi connectivity index (χ1n) is 10.1. The minimum Gasteiger partial charge on any atom is -0.379 e. The molecule has 6 nitrogen and oxygen atoms in total. The summed E-state index contributed by atoms with van der Waals surface area (Å²) in [6.45, 7) is 8.99. The number of carbonyl (C=O) groups excluding carboxylic acids is 2. The fraction of sp³-hybridized carbons (Fsp3) is 0.895. The summed E-state index contributed by atoms with van der Waals surface area (Å²) in [6, 6.07) is 0.210. The highest BCUT2D eigenvalue weighted by Gasteiger charge is 2.37. The molecule has 1 saturated carbocycles. The van der Waals surface area contributed by atoms with Gasteiger partial charge in [0.25, 0.3) is 0 Å². The molecule has 0 bridgehead atoms. The van der Waals surface area contributed by atoms with E-state index >= 15 is 0 Å². The van der Waals surface area contributed by atoms with Gasteiger partial charge in [-0.3, -0.25) is 14.5 Å². The Hall–Kier alpha value is -1.14. The van der Waals surface area contributed by atoms with Crippen LogP contribution in [0.2, 0.25) is 0 Å². The van der Waals surface area contributed by atoms with Crippen LogP contribution in [0.4, 0.5) is 0 Å². The summed E-state index contributed by atoms with van der Waals surface area (Å²) in [6.07, 6.45) is 5.70. The number of nitrogens with zero attached hydrogens (tertiary/aromatic N) is 3. The number of hydrogen-bond acceptors (Lipinski definition) is 4. The highest BCUT2D eigenvalue weighted by molar-refractivity contribution is 5.81. The Morgan fingerprint density at radius 1 is 1.12 bits per heavy atom. The monoisotopic (exact) mass is 351 g/mol. The Kier molecular flexibility index (Phi) is 6.70. The van der Waals surface area contributed by atoms with Crippen LogP contribution in [-0.4, -0.2) is 85.0 Å². The molecule has 25 heavy (non-hydrogen) atoms. The van der Waals surface area contributed by atoms with Crippen molar-refractivity contribution >= 4 is 11.8 Å². The standard InChI is InChI=1S/C19H33N3O3/c1-2-18(23)21-9-3-5-17(15-21)22(19(24)16-6-7-16)10-4-8-20-11-13-25-14-12-20/h16-17H,2-15H2,1H3. The molecule has 1 aliphatic carbocycles. The molecule has 0 aromatic rings. The molecule has 0 N–H and O–H groups in total. The first kappa shape index (κ1) is 18.6. The number of carbonyl (C=O) groups is 2. The molecule has 3 fully saturated rings. The lowest BCUT2D eigenvalue weighted by molar-refractivity contribution is -0.140. The molecule has 2 heterocycles. The number of hydrogen-bond donors (Lipinski definition) is 0. The lowest BCUT2D eigenvalue weighted by Gasteiger charge is -2.40. The van der Waals surface area contributed by atoms with Crippen LogP contribution < -0.4 is 0 Å². The third kappa shape index (κ3) is 5.17. The first-order valence-corrected chi connectivity index (χ1v) is 10.1. The van der Waals surface area contributed by atoms with Crippen LogP contribution in [0.25, 0.3) is 0 Å². The zero-order chi connectivity index (χ0) is 17.6. The summed E-state index contributed by atoms with van der Waals surface area (Å²) in [5.41, 5.74) is 0. The second kappa shape index (κ2) is 8.99. The maximum absolute atomic E-state index is 12.8. The molecule has 0 spiro atoms. The minimum atomic E-state index is 0.210. The van der Waals surface area contributed by atoms with Crippen molar-refractivity contribution in [3.63, 3.8) is 0 Å². The SMILES string of the molecule is CCC(=O)N1CCCC(N(CCCN2CCOCC2)C(=O)C2CC2)C1. The van der Waals surface area contributed by atoms with E-state index in [9.17, 15) is 9.59 Å². The molecule has 3 rings (SSSR count). The van der Waals surface area contributed by atoms with Gasteiger partial charge < -0.3 is 14.5 Å². The quantitative estimate of drug-likeness (QED) is 0.695. The van der Waals surface area contributed by atoms with E-state index in [1.54, 1.807) is 0 Å². The van der Waals surface area contributed by atoms with Gasteiger partial charge in [0.05, 0.1) is 13.2 Å². The van der Waals surface area contributed by atoms with Crippen molar-refractivity contribution in [2.24, 2.45) is 5.92 Å². The van der Waals surface area contributed by atoms with Crippen LogP contribution in [0.15, 0.2) is 0 Å². The smallest absolute Gasteiger partial charge is 0.225 e. The fourth-order valence-corrected chi connectivity index (χ4v) is 3.99. The van der Waals surface area contributed by atoms with Crippen LogP contribution in [0.3, 0.4) is 0 Å². The molecule has 6 heteroatoms. The van der Waals surface area contributed by atoms with Crippen molar-refractivity contribution in [2.75, 3.05) is 52.5 Å². The van der Waals surface area contributed by atoms with Crippen LogP contribution in [0.5, 0.6) is 0 Å². The van der Waals surface area contributed by atoms with Crippen molar-refractivity contribution in [2.45, 2.75) is 51.5 Å². The average Bonchev–Trinajstić information content (AvgIpc) is 3.50. The van der Waals surface area contributed by atoms with Crippen molar-refractivity contribution in [1.29, 1.82) is 0 Å². The lowest BCUT2D eigenvalue weighted by Crippen LogP contribution is -2.52. The summed E-state index contributed by atoms with van der Waals surface area (Å²) in [7, 11) is 0. The molecule has 0 aromatic carbocycles. The summed E-state index contributed by atoms with van der Waals surface area (Å²) < 4.78 is 5.40. The van der Waals surface area contributed by atoms with Crippen molar-refractivity contribution in [1.82, 2.24) is 14.7 Å². The summed E-state index contributed by atoms with van der Waals surface area (Å²) in [5, 5.41) is 0. The van der Waals surface area contributed by atoms with Crippen molar-refractivity contribution < 1.29 is 14.3 Å². The number of likely N-dealkylation sites (tertiary alicyclic amines) is 1. The van der Waals surface area contributed by atoms with Crippen LogP contribution in [0.1, 0.15) is 45.4 Å². The Bertz CT molecular complexity index is 461. The van der Waals surface area contributed by atoms with Gasteiger partial charge in [0.2, 0.25) is 11.8 Å². The maximum Gasteiger partial charge on any atom is 0.225 e. The summed E-state index contributed by atoms with van der Waals surface area (Å²) in [4.78, 5) is 31.4. The number of morpholine rings is 1. The number of rotatable bonds is 7. The topological polar surface area (TPSA) is 53.1 Å². The molecule has 1 unspecified atom stereocenters. The Morgan fingerprint density at radius 3 is 2.56 bits per heavy atom. The molecule has 2 amide bonds. The van der Waals surface area contributed by atoms with E-state index in [0.717, 1.165) is 84.6 Å². The van der Waals surface area contributed by atoms with Crippen LogP contribution >= 0.6 is 0 Å². The van der Waals surface area contributed by atoms with Gasteiger partial charge in [-0.2, -0.15) is 0 Å². The fourth-order valence-electron chi connectivity index (χ4n) is 3.99. The zero-order valence-electron chi connectivity index (χ0n) is 15.6. The van der Waals surface area contributed by atoms with E-state index in [1.807, 2.05) is 11.8 Å². The molecule has 142 valence electrons. The minimum absolute atomic E-state index is 0.210. The summed E-state index contributed by atoms with van der Waals surface area (Å²) >= 11 is 0. The van der Waals surface area contributed by atoms with Gasteiger partial charge in [-0.15, -0.1) is 0 Å². The Balaban J connectivity index is 1.54. The summed E-state index contributed by atoms with van der Waals surface area (Å²) in [5.74, 6) is 0.801. The largest absolute Gasteiger partial charge is 0.379 e. The van der Waals surface area contributed by atoms with Gasteiger partial charge in [-0.1, -0.05) is 6.92 Å². The highest BCUT2D eigenvalue weighted by Crippen LogP contribution is 2.32. The number of amides is 2. The number of piperidine rings is 1. The third-order valence-electron chi connectivity index (χ3n) is 5.68. The van der Waals surface area contributed by atoms with E-state index in [0.29, 0.717) is 12.3 Å². The van der Waals surface area contributed by atoms with Gasteiger partial charge >= 0.3 is 0 Å². The Labute approximate surface area is 151 Å². The molecule has 1 atom stereocenters. The van der Waals surface area contributed by atoms with Gasteiger partial charge in [-0.05, 0) is 32.1 Å². The molecule has 2 aliphatic heterocycles. The Morgan fingerprint density at radius 2 is 1.88 bits per heavy atom. The highest BCUT2D eigenvalue weighted by atomic mass is 16.5. The average molecular weight is 351 g/mol. The normalized spacial score (nSPS) is 25.0. The van der Waals surface area contributed by atoms with Gasteiger partial charge in [-0.25, -0.2) is 0 Å². The van der Waals surface area contributed by atoms with Crippen LogP contribution in [-0.2, 0) is 14.3 Å². The molecule has 3 aliphatic rings.